The highest BCUT2D eigenvalue weighted by atomic mass is 16.5. The van der Waals surface area contributed by atoms with Crippen LogP contribution in [0, 0.1) is 0 Å². The van der Waals surface area contributed by atoms with Gasteiger partial charge < -0.3 is 24.3 Å². The highest BCUT2D eigenvalue weighted by Crippen LogP contribution is 2.33. The van der Waals surface area contributed by atoms with Crippen molar-refractivity contribution in [3.8, 4) is 22.8 Å². The van der Waals surface area contributed by atoms with Gasteiger partial charge in [-0.05, 0) is 48.5 Å². The molecular formula is C20H19NO5. The summed E-state index contributed by atoms with van der Waals surface area (Å²) in [7, 11) is 3.12. The van der Waals surface area contributed by atoms with Crippen LogP contribution in [-0.2, 0) is 6.61 Å². The number of furan rings is 1. The fraction of sp³-hybridized carbons (Fsp3) is 0.150. The third-order valence-corrected chi connectivity index (χ3v) is 3.89. The second-order valence-corrected chi connectivity index (χ2v) is 5.52. The molecule has 0 aliphatic heterocycles. The number of anilines is 1. The topological polar surface area (TPSA) is 80.9 Å². The van der Waals surface area contributed by atoms with E-state index >= 15 is 0 Å². The molecule has 1 aromatic heterocycles. The number of ether oxygens (including phenoxy) is 2. The molecule has 0 saturated heterocycles. The molecular weight excluding hydrogens is 334 g/mol. The molecule has 1 heterocycles. The van der Waals surface area contributed by atoms with Gasteiger partial charge in [0.2, 0.25) is 0 Å². The lowest BCUT2D eigenvalue weighted by molar-refractivity contribution is 0.102. The third kappa shape index (κ3) is 3.70. The van der Waals surface area contributed by atoms with Crippen LogP contribution in [-0.4, -0.2) is 25.2 Å². The van der Waals surface area contributed by atoms with E-state index in [0.29, 0.717) is 34.3 Å². The summed E-state index contributed by atoms with van der Waals surface area (Å²) in [5.74, 6) is 2.06. The molecule has 26 heavy (non-hydrogen) atoms. The number of carbonyl (C=O) groups excluding carboxylic acids is 1. The number of benzene rings is 2. The zero-order chi connectivity index (χ0) is 18.5. The first kappa shape index (κ1) is 17.6. The second-order valence-electron chi connectivity index (χ2n) is 5.52. The van der Waals surface area contributed by atoms with E-state index in [4.69, 9.17) is 19.0 Å². The molecule has 0 unspecified atom stereocenters. The molecule has 2 aromatic carbocycles. The van der Waals surface area contributed by atoms with Crippen molar-refractivity contribution in [1.29, 1.82) is 0 Å². The van der Waals surface area contributed by atoms with E-state index in [0.717, 1.165) is 5.56 Å². The molecule has 6 heteroatoms. The lowest BCUT2D eigenvalue weighted by Gasteiger charge is -2.11. The van der Waals surface area contributed by atoms with Crippen LogP contribution in [0.4, 0.5) is 5.69 Å². The Balaban J connectivity index is 1.81. The fourth-order valence-corrected chi connectivity index (χ4v) is 2.53. The monoisotopic (exact) mass is 353 g/mol. The normalized spacial score (nSPS) is 10.4. The molecule has 3 aromatic rings. The van der Waals surface area contributed by atoms with Gasteiger partial charge in [0.1, 0.15) is 29.6 Å². The van der Waals surface area contributed by atoms with Crippen molar-refractivity contribution >= 4 is 11.6 Å². The van der Waals surface area contributed by atoms with Crippen LogP contribution >= 0.6 is 0 Å². The first-order valence-electron chi connectivity index (χ1n) is 7.98. The number of amides is 1. The summed E-state index contributed by atoms with van der Waals surface area (Å²) in [4.78, 5) is 12.4. The number of aliphatic hydroxyl groups excluding tert-OH is 1. The maximum atomic E-state index is 12.4. The van der Waals surface area contributed by atoms with Crippen LogP contribution in [0.5, 0.6) is 11.5 Å². The lowest BCUT2D eigenvalue weighted by Crippen LogP contribution is -2.11. The zero-order valence-corrected chi connectivity index (χ0v) is 14.5. The zero-order valence-electron chi connectivity index (χ0n) is 14.5. The first-order chi connectivity index (χ1) is 12.6. The van der Waals surface area contributed by atoms with Gasteiger partial charge in [-0.15, -0.1) is 0 Å². The number of rotatable bonds is 6. The van der Waals surface area contributed by atoms with Gasteiger partial charge in [0.05, 0.1) is 19.8 Å². The number of hydrogen-bond donors (Lipinski definition) is 2. The summed E-state index contributed by atoms with van der Waals surface area (Å²) in [6.07, 6.45) is 0. The van der Waals surface area contributed by atoms with Crippen molar-refractivity contribution < 1.29 is 23.8 Å². The smallest absolute Gasteiger partial charge is 0.255 e. The Bertz CT molecular complexity index is 899. The molecule has 1 amide bonds. The van der Waals surface area contributed by atoms with Crippen LogP contribution in [0.1, 0.15) is 16.1 Å². The quantitative estimate of drug-likeness (QED) is 0.706. The van der Waals surface area contributed by atoms with Gasteiger partial charge in [-0.25, -0.2) is 0 Å². The first-order valence-corrected chi connectivity index (χ1v) is 7.98. The number of carbonyl (C=O) groups is 1. The molecule has 3 rings (SSSR count). The van der Waals surface area contributed by atoms with Crippen LogP contribution in [0.2, 0.25) is 0 Å². The Morgan fingerprint density at radius 1 is 1.04 bits per heavy atom. The number of methoxy groups -OCH3 is 2. The van der Waals surface area contributed by atoms with Crippen LogP contribution < -0.4 is 14.8 Å². The fourth-order valence-electron chi connectivity index (χ4n) is 2.53. The lowest BCUT2D eigenvalue weighted by atomic mass is 10.1. The number of nitrogens with one attached hydrogen (secondary N) is 1. The summed E-state index contributed by atoms with van der Waals surface area (Å²) in [6, 6.07) is 15.6. The van der Waals surface area contributed by atoms with Crippen molar-refractivity contribution in [3.63, 3.8) is 0 Å². The molecule has 0 spiro atoms. The average Bonchev–Trinajstić information content (AvgIpc) is 3.17. The number of hydrogen-bond acceptors (Lipinski definition) is 5. The van der Waals surface area contributed by atoms with Gasteiger partial charge in [-0.2, -0.15) is 0 Å². The van der Waals surface area contributed by atoms with Gasteiger partial charge in [0, 0.05) is 17.3 Å². The van der Waals surface area contributed by atoms with Gasteiger partial charge in [0.25, 0.3) is 5.91 Å². The summed E-state index contributed by atoms with van der Waals surface area (Å²) in [5.41, 5.74) is 1.85. The standard InChI is InChI=1S/C20H19NO5/c1-24-15-6-3-13(4-7-15)20(23)21-14-5-9-17(19(11-14)25-2)18-10-8-16(12-22)26-18/h3-11,22H,12H2,1-2H3,(H,21,23). The van der Waals surface area contributed by atoms with Gasteiger partial charge in [-0.1, -0.05) is 0 Å². The maximum Gasteiger partial charge on any atom is 0.255 e. The Morgan fingerprint density at radius 2 is 1.81 bits per heavy atom. The van der Waals surface area contributed by atoms with Crippen LogP contribution in [0.25, 0.3) is 11.3 Å². The highest BCUT2D eigenvalue weighted by molar-refractivity contribution is 6.04. The van der Waals surface area contributed by atoms with Gasteiger partial charge >= 0.3 is 0 Å². The van der Waals surface area contributed by atoms with Gasteiger partial charge in [-0.3, -0.25) is 4.79 Å². The molecule has 2 N–H and O–H groups in total. The van der Waals surface area contributed by atoms with Crippen molar-refractivity contribution in [2.24, 2.45) is 0 Å². The van der Waals surface area contributed by atoms with Gasteiger partial charge in [0.15, 0.2) is 0 Å². The minimum Gasteiger partial charge on any atom is -0.497 e. The summed E-state index contributed by atoms with van der Waals surface area (Å²) >= 11 is 0. The van der Waals surface area contributed by atoms with Crippen LogP contribution in [0.3, 0.4) is 0 Å². The predicted molar refractivity (Wildman–Crippen MR) is 97.6 cm³/mol. The molecule has 0 bridgehead atoms. The Morgan fingerprint density at radius 3 is 2.42 bits per heavy atom. The van der Waals surface area contributed by atoms with Crippen molar-refractivity contribution in [1.82, 2.24) is 0 Å². The van der Waals surface area contributed by atoms with E-state index < -0.39 is 0 Å². The van der Waals surface area contributed by atoms with Crippen molar-refractivity contribution in [3.05, 3.63) is 65.9 Å². The Hall–Kier alpha value is -3.25. The molecule has 0 saturated carbocycles. The van der Waals surface area contributed by atoms with E-state index in [9.17, 15) is 4.79 Å². The van der Waals surface area contributed by atoms with E-state index in [2.05, 4.69) is 5.32 Å². The van der Waals surface area contributed by atoms with Crippen molar-refractivity contribution in [2.75, 3.05) is 19.5 Å². The summed E-state index contributed by atoms with van der Waals surface area (Å²) in [6.45, 7) is -0.168. The maximum absolute atomic E-state index is 12.4. The molecule has 0 aliphatic rings. The van der Waals surface area contributed by atoms with Crippen LogP contribution in [0.15, 0.2) is 59.0 Å². The minimum atomic E-state index is -0.233. The number of aliphatic hydroxyl groups is 1. The largest absolute Gasteiger partial charge is 0.497 e. The molecule has 134 valence electrons. The Kier molecular flexibility index (Phi) is 5.24. The predicted octanol–water partition coefficient (Wildman–Crippen LogP) is 3.71. The summed E-state index contributed by atoms with van der Waals surface area (Å²) in [5, 5.41) is 12.0. The Labute approximate surface area is 151 Å². The molecule has 0 fully saturated rings. The van der Waals surface area contributed by atoms with E-state index in [1.165, 1.54) is 0 Å². The molecule has 0 aliphatic carbocycles. The molecule has 0 radical (unpaired) electrons. The van der Waals surface area contributed by atoms with E-state index in [1.807, 2.05) is 0 Å². The van der Waals surface area contributed by atoms with E-state index in [-0.39, 0.29) is 12.5 Å². The third-order valence-electron chi connectivity index (χ3n) is 3.89. The second kappa shape index (κ2) is 7.76. The average molecular weight is 353 g/mol. The van der Waals surface area contributed by atoms with Crippen molar-refractivity contribution in [2.45, 2.75) is 6.61 Å². The molecule has 6 nitrogen and oxygen atoms in total. The minimum absolute atomic E-state index is 0.168. The summed E-state index contributed by atoms with van der Waals surface area (Å²) < 4.78 is 16.0. The van der Waals surface area contributed by atoms with E-state index in [1.54, 1.807) is 68.8 Å². The molecule has 0 atom stereocenters. The highest BCUT2D eigenvalue weighted by Gasteiger charge is 2.13. The SMILES string of the molecule is COc1ccc(C(=O)Nc2ccc(-c3ccc(CO)o3)c(OC)c2)cc1.